The highest BCUT2D eigenvalue weighted by molar-refractivity contribution is 5.64. The lowest BCUT2D eigenvalue weighted by Crippen LogP contribution is -2.05. The van der Waals surface area contributed by atoms with Gasteiger partial charge in [0.05, 0.1) is 0 Å². The predicted molar refractivity (Wildman–Crippen MR) is 62.1 cm³/mol. The van der Waals surface area contributed by atoms with E-state index in [1.807, 2.05) is 0 Å². The smallest absolute Gasteiger partial charge is 0.436 e. The lowest BCUT2D eigenvalue weighted by atomic mass is 10.0. The third-order valence-electron chi connectivity index (χ3n) is 2.54. The third-order valence-corrected chi connectivity index (χ3v) is 2.54. The van der Waals surface area contributed by atoms with Gasteiger partial charge in [0.15, 0.2) is 5.69 Å². The Hall–Kier alpha value is -2.02. The molecular weight excluding hydrogens is 261 g/mol. The summed E-state index contributed by atoms with van der Waals surface area (Å²) in [5, 5.41) is 8.93. The highest BCUT2D eigenvalue weighted by Crippen LogP contribution is 2.32. The molecule has 0 aliphatic rings. The van der Waals surface area contributed by atoms with E-state index >= 15 is 0 Å². The van der Waals surface area contributed by atoms with Crippen molar-refractivity contribution in [3.05, 3.63) is 35.7 Å². The molecule has 4 nitrogen and oxygen atoms in total. The van der Waals surface area contributed by atoms with Crippen LogP contribution in [-0.4, -0.2) is 16.7 Å². The minimum atomic E-state index is -4.56. The van der Waals surface area contributed by atoms with Crippen molar-refractivity contribution in [2.75, 3.05) is 12.3 Å². The number of aliphatic hydroxyl groups excluding tert-OH is 1. The molecule has 0 saturated heterocycles. The maximum atomic E-state index is 12.5. The summed E-state index contributed by atoms with van der Waals surface area (Å²) in [4.78, 5) is 3.41. The molecule has 0 spiro atoms. The number of nitrogen functional groups attached to an aromatic ring is 1. The van der Waals surface area contributed by atoms with Crippen molar-refractivity contribution in [1.82, 2.24) is 4.98 Å². The summed E-state index contributed by atoms with van der Waals surface area (Å²) in [6.07, 6.45) is -3.72. The summed E-state index contributed by atoms with van der Waals surface area (Å²) in [6, 6.07) is 4.69. The number of hydrogen-bond acceptors (Lipinski definition) is 4. The molecule has 0 saturated carbocycles. The van der Waals surface area contributed by atoms with Gasteiger partial charge < -0.3 is 15.3 Å². The molecule has 2 aromatic rings. The van der Waals surface area contributed by atoms with Gasteiger partial charge in [0.1, 0.15) is 6.26 Å². The molecule has 0 amide bonds. The van der Waals surface area contributed by atoms with Crippen LogP contribution in [0, 0.1) is 0 Å². The van der Waals surface area contributed by atoms with E-state index in [4.69, 9.17) is 15.3 Å². The van der Waals surface area contributed by atoms with Gasteiger partial charge >= 0.3 is 6.18 Å². The lowest BCUT2D eigenvalue weighted by molar-refractivity contribution is -0.141. The molecule has 0 radical (unpaired) electrons. The van der Waals surface area contributed by atoms with Gasteiger partial charge in [-0.3, -0.25) is 0 Å². The van der Waals surface area contributed by atoms with E-state index in [0.717, 1.165) is 0 Å². The van der Waals surface area contributed by atoms with Gasteiger partial charge in [-0.05, 0) is 24.1 Å². The fraction of sp³-hybridized carbons (Fsp3) is 0.250. The van der Waals surface area contributed by atoms with Crippen molar-refractivity contribution in [2.45, 2.75) is 12.6 Å². The molecule has 1 aromatic heterocycles. The zero-order valence-electron chi connectivity index (χ0n) is 9.74. The van der Waals surface area contributed by atoms with Crippen LogP contribution < -0.4 is 5.73 Å². The van der Waals surface area contributed by atoms with Crippen molar-refractivity contribution in [2.24, 2.45) is 0 Å². The number of alkyl halides is 3. The second-order valence-electron chi connectivity index (χ2n) is 3.93. The first-order valence-corrected chi connectivity index (χ1v) is 5.44. The molecular formula is C12H11F3N2O2. The van der Waals surface area contributed by atoms with Gasteiger partial charge in [-0.15, -0.1) is 0 Å². The molecule has 102 valence electrons. The van der Waals surface area contributed by atoms with Crippen molar-refractivity contribution in [1.29, 1.82) is 0 Å². The molecule has 0 unspecified atom stereocenters. The molecule has 19 heavy (non-hydrogen) atoms. The minimum Gasteiger partial charge on any atom is -0.444 e. The van der Waals surface area contributed by atoms with Crippen LogP contribution in [0.2, 0.25) is 0 Å². The summed E-state index contributed by atoms with van der Waals surface area (Å²) >= 11 is 0. The fourth-order valence-electron chi connectivity index (χ4n) is 1.66. The van der Waals surface area contributed by atoms with Gasteiger partial charge in [-0.1, -0.05) is 6.07 Å². The molecule has 0 aliphatic heterocycles. The van der Waals surface area contributed by atoms with Crippen molar-refractivity contribution < 1.29 is 22.7 Å². The summed E-state index contributed by atoms with van der Waals surface area (Å²) in [5.74, 6) is -0.164. The standard InChI is InChI=1S/C12H11F3N2O2/c13-12(14,15)10-6-19-11(17-10)9-5-8(16)2-1-7(9)3-4-18/h1-2,5-6,18H,3-4,16H2. The summed E-state index contributed by atoms with van der Waals surface area (Å²) in [5.41, 5.74) is 5.85. The second-order valence-corrected chi connectivity index (χ2v) is 3.93. The van der Waals surface area contributed by atoms with Gasteiger partial charge in [0, 0.05) is 17.9 Å². The van der Waals surface area contributed by atoms with Crippen LogP contribution in [0.4, 0.5) is 18.9 Å². The van der Waals surface area contributed by atoms with Gasteiger partial charge in [-0.25, -0.2) is 4.98 Å². The van der Waals surface area contributed by atoms with Crippen LogP contribution in [-0.2, 0) is 12.6 Å². The quantitative estimate of drug-likeness (QED) is 0.842. The maximum Gasteiger partial charge on any atom is 0.436 e. The zero-order chi connectivity index (χ0) is 14.0. The number of rotatable bonds is 3. The highest BCUT2D eigenvalue weighted by Gasteiger charge is 2.35. The van der Waals surface area contributed by atoms with E-state index < -0.39 is 11.9 Å². The average Bonchev–Trinajstić information content (AvgIpc) is 2.80. The van der Waals surface area contributed by atoms with E-state index in [-0.39, 0.29) is 18.9 Å². The minimum absolute atomic E-state index is 0.135. The van der Waals surface area contributed by atoms with Crippen LogP contribution in [0.5, 0.6) is 0 Å². The predicted octanol–water partition coefficient (Wildman–Crippen LogP) is 2.48. The Morgan fingerprint density at radius 1 is 1.32 bits per heavy atom. The number of hydrogen-bond donors (Lipinski definition) is 2. The number of nitrogens with two attached hydrogens (primary N) is 1. The number of aliphatic hydroxyl groups is 1. The van der Waals surface area contributed by atoms with Crippen molar-refractivity contribution >= 4 is 5.69 Å². The maximum absolute atomic E-state index is 12.5. The first-order valence-electron chi connectivity index (χ1n) is 5.44. The molecule has 1 heterocycles. The molecule has 0 bridgehead atoms. The van der Waals surface area contributed by atoms with E-state index in [9.17, 15) is 13.2 Å². The zero-order valence-corrected chi connectivity index (χ0v) is 9.74. The molecule has 2 rings (SSSR count). The average molecular weight is 272 g/mol. The number of aromatic nitrogens is 1. The van der Waals surface area contributed by atoms with E-state index in [0.29, 0.717) is 23.1 Å². The van der Waals surface area contributed by atoms with Crippen LogP contribution in [0.15, 0.2) is 28.9 Å². The normalized spacial score (nSPS) is 11.8. The molecule has 3 N–H and O–H groups in total. The monoisotopic (exact) mass is 272 g/mol. The molecule has 0 aliphatic carbocycles. The Bertz CT molecular complexity index is 579. The summed E-state index contributed by atoms with van der Waals surface area (Å²) in [6.45, 7) is -0.135. The van der Waals surface area contributed by atoms with Gasteiger partial charge in [-0.2, -0.15) is 13.2 Å². The Morgan fingerprint density at radius 3 is 2.63 bits per heavy atom. The number of nitrogens with zero attached hydrogens (tertiary/aromatic N) is 1. The van der Waals surface area contributed by atoms with Gasteiger partial charge in [0.25, 0.3) is 0 Å². The topological polar surface area (TPSA) is 72.3 Å². The highest BCUT2D eigenvalue weighted by atomic mass is 19.4. The first-order chi connectivity index (χ1) is 8.91. The number of anilines is 1. The number of halogens is 3. The molecule has 0 fully saturated rings. The lowest BCUT2D eigenvalue weighted by Gasteiger charge is -2.06. The Labute approximate surface area is 106 Å². The van der Waals surface area contributed by atoms with Crippen LogP contribution >= 0.6 is 0 Å². The SMILES string of the molecule is Nc1ccc(CCO)c(-c2nc(C(F)(F)F)co2)c1. The molecule has 0 atom stereocenters. The Morgan fingerprint density at radius 2 is 2.05 bits per heavy atom. The summed E-state index contributed by atoms with van der Waals surface area (Å²) in [7, 11) is 0. The van der Waals surface area contributed by atoms with Gasteiger partial charge in [0.2, 0.25) is 5.89 Å². The van der Waals surface area contributed by atoms with Crippen LogP contribution in [0.3, 0.4) is 0 Å². The molecule has 7 heteroatoms. The largest absolute Gasteiger partial charge is 0.444 e. The Balaban J connectivity index is 2.46. The van der Waals surface area contributed by atoms with Crippen molar-refractivity contribution in [3.63, 3.8) is 0 Å². The Kier molecular flexibility index (Phi) is 3.48. The van der Waals surface area contributed by atoms with E-state index in [1.54, 1.807) is 12.1 Å². The second kappa shape index (κ2) is 4.93. The van der Waals surface area contributed by atoms with E-state index in [2.05, 4.69) is 4.98 Å². The first kappa shape index (κ1) is 13.4. The fourth-order valence-corrected chi connectivity index (χ4v) is 1.66. The van der Waals surface area contributed by atoms with E-state index in [1.165, 1.54) is 6.07 Å². The third kappa shape index (κ3) is 2.87. The van der Waals surface area contributed by atoms with Crippen molar-refractivity contribution in [3.8, 4) is 11.5 Å². The summed E-state index contributed by atoms with van der Waals surface area (Å²) < 4.78 is 42.2. The number of oxazole rings is 1. The van der Waals surface area contributed by atoms with Crippen LogP contribution in [0.1, 0.15) is 11.3 Å². The van der Waals surface area contributed by atoms with Crippen LogP contribution in [0.25, 0.3) is 11.5 Å². The number of benzene rings is 1. The molecule has 1 aromatic carbocycles.